The molecule has 2 rings (SSSR count). The summed E-state index contributed by atoms with van der Waals surface area (Å²) < 4.78 is 10.6. The fraction of sp³-hybridized carbons (Fsp3) is 0.909. The van der Waals surface area contributed by atoms with Crippen molar-refractivity contribution in [1.29, 1.82) is 0 Å². The number of cyclic esters (lactones) is 1. The zero-order valence-electron chi connectivity index (χ0n) is 9.78. The lowest BCUT2D eigenvalue weighted by Crippen LogP contribution is -2.44. The fourth-order valence-corrected chi connectivity index (χ4v) is 2.27. The molecule has 2 heterocycles. The highest BCUT2D eigenvalue weighted by atomic mass is 16.6. The number of carbonyl (C=O) groups excluding carboxylic acids is 1. The van der Waals surface area contributed by atoms with E-state index >= 15 is 0 Å². The Labute approximate surface area is 96.1 Å². The summed E-state index contributed by atoms with van der Waals surface area (Å²) in [7, 11) is 0. The third-order valence-corrected chi connectivity index (χ3v) is 3.15. The normalized spacial score (nSPS) is 31.2. The summed E-state index contributed by atoms with van der Waals surface area (Å²) >= 11 is 0. The first-order chi connectivity index (χ1) is 7.79. The topological polar surface area (TPSA) is 50.8 Å². The molecule has 0 radical (unpaired) electrons. The van der Waals surface area contributed by atoms with Gasteiger partial charge in [0.1, 0.15) is 6.10 Å². The number of nitrogens with zero attached hydrogens (tertiary/aromatic N) is 1. The SMILES string of the molecule is CCC[C@@H]1NC(=O)O[C@H]1CN1CCOCC1. The maximum absolute atomic E-state index is 11.2. The second-order valence-electron chi connectivity index (χ2n) is 4.40. The molecule has 16 heavy (non-hydrogen) atoms. The molecule has 92 valence electrons. The number of ether oxygens (including phenoxy) is 2. The number of amides is 1. The van der Waals surface area contributed by atoms with Gasteiger partial charge < -0.3 is 14.8 Å². The van der Waals surface area contributed by atoms with Gasteiger partial charge in [0.2, 0.25) is 0 Å². The molecule has 0 aromatic carbocycles. The van der Waals surface area contributed by atoms with Crippen LogP contribution < -0.4 is 5.32 Å². The van der Waals surface area contributed by atoms with Crippen molar-refractivity contribution in [2.45, 2.75) is 31.9 Å². The van der Waals surface area contributed by atoms with E-state index in [1.165, 1.54) is 0 Å². The van der Waals surface area contributed by atoms with Gasteiger partial charge in [-0.1, -0.05) is 13.3 Å². The van der Waals surface area contributed by atoms with Crippen molar-refractivity contribution in [3.8, 4) is 0 Å². The third-order valence-electron chi connectivity index (χ3n) is 3.15. The fourth-order valence-electron chi connectivity index (χ4n) is 2.27. The van der Waals surface area contributed by atoms with Crippen LogP contribution >= 0.6 is 0 Å². The number of hydrogen-bond acceptors (Lipinski definition) is 4. The monoisotopic (exact) mass is 228 g/mol. The molecular weight excluding hydrogens is 208 g/mol. The van der Waals surface area contributed by atoms with Gasteiger partial charge >= 0.3 is 6.09 Å². The molecule has 2 aliphatic rings. The molecule has 0 aromatic heterocycles. The highest BCUT2D eigenvalue weighted by Gasteiger charge is 2.34. The van der Waals surface area contributed by atoms with Crippen molar-refractivity contribution in [3.05, 3.63) is 0 Å². The van der Waals surface area contributed by atoms with Gasteiger partial charge in [-0.3, -0.25) is 4.90 Å². The van der Waals surface area contributed by atoms with Crippen LogP contribution in [0.3, 0.4) is 0 Å². The van der Waals surface area contributed by atoms with Crippen LogP contribution in [0.25, 0.3) is 0 Å². The van der Waals surface area contributed by atoms with E-state index in [0.29, 0.717) is 0 Å². The van der Waals surface area contributed by atoms with Crippen molar-refractivity contribution in [2.24, 2.45) is 0 Å². The van der Waals surface area contributed by atoms with Crippen LogP contribution in [0.15, 0.2) is 0 Å². The predicted octanol–water partition coefficient (Wildman–Crippen LogP) is 0.596. The van der Waals surface area contributed by atoms with Crippen LogP contribution in [0.1, 0.15) is 19.8 Å². The number of morpholine rings is 1. The van der Waals surface area contributed by atoms with E-state index in [-0.39, 0.29) is 18.2 Å². The van der Waals surface area contributed by atoms with Crippen molar-refractivity contribution in [1.82, 2.24) is 10.2 Å². The maximum Gasteiger partial charge on any atom is 0.407 e. The molecule has 2 fully saturated rings. The first kappa shape index (κ1) is 11.7. The van der Waals surface area contributed by atoms with Gasteiger partial charge in [-0.2, -0.15) is 0 Å². The lowest BCUT2D eigenvalue weighted by atomic mass is 10.1. The predicted molar refractivity (Wildman–Crippen MR) is 59.4 cm³/mol. The lowest BCUT2D eigenvalue weighted by Gasteiger charge is -2.29. The molecular formula is C11H20N2O3. The Morgan fingerprint density at radius 2 is 2.19 bits per heavy atom. The summed E-state index contributed by atoms with van der Waals surface area (Å²) in [6, 6.07) is 0.181. The van der Waals surface area contributed by atoms with Crippen LogP contribution in [-0.4, -0.2) is 56.0 Å². The number of nitrogens with one attached hydrogen (secondary N) is 1. The second kappa shape index (κ2) is 5.50. The van der Waals surface area contributed by atoms with Crippen molar-refractivity contribution >= 4 is 6.09 Å². The van der Waals surface area contributed by atoms with Gasteiger partial charge in [0.05, 0.1) is 19.3 Å². The molecule has 5 nitrogen and oxygen atoms in total. The van der Waals surface area contributed by atoms with E-state index < -0.39 is 0 Å². The molecule has 0 spiro atoms. The van der Waals surface area contributed by atoms with Gasteiger partial charge in [-0.25, -0.2) is 4.79 Å². The average molecular weight is 228 g/mol. The van der Waals surface area contributed by atoms with E-state index in [1.807, 2.05) is 0 Å². The van der Waals surface area contributed by atoms with Crippen molar-refractivity contribution in [3.63, 3.8) is 0 Å². The smallest absolute Gasteiger partial charge is 0.407 e. The molecule has 5 heteroatoms. The van der Waals surface area contributed by atoms with Crippen molar-refractivity contribution in [2.75, 3.05) is 32.8 Å². The Morgan fingerprint density at radius 3 is 2.88 bits per heavy atom. The van der Waals surface area contributed by atoms with Crippen LogP contribution in [-0.2, 0) is 9.47 Å². The Bertz CT molecular complexity index is 241. The summed E-state index contributed by atoms with van der Waals surface area (Å²) in [5.74, 6) is 0. The standard InChI is InChI=1S/C11H20N2O3/c1-2-3-9-10(16-11(14)12-9)8-13-4-6-15-7-5-13/h9-10H,2-8H2,1H3,(H,12,14)/t9-,10-/m0/s1. The van der Waals surface area contributed by atoms with E-state index in [2.05, 4.69) is 17.1 Å². The summed E-state index contributed by atoms with van der Waals surface area (Å²) in [6.45, 7) is 6.39. The Kier molecular flexibility index (Phi) is 4.01. The number of alkyl carbamates (subject to hydrolysis) is 1. The average Bonchev–Trinajstić information content (AvgIpc) is 2.61. The van der Waals surface area contributed by atoms with Crippen LogP contribution in [0.2, 0.25) is 0 Å². The zero-order chi connectivity index (χ0) is 11.4. The van der Waals surface area contributed by atoms with Crippen LogP contribution in [0.4, 0.5) is 4.79 Å². The number of carbonyl (C=O) groups is 1. The van der Waals surface area contributed by atoms with Gasteiger partial charge in [-0.15, -0.1) is 0 Å². The molecule has 0 aromatic rings. The maximum atomic E-state index is 11.2. The molecule has 1 N–H and O–H groups in total. The highest BCUT2D eigenvalue weighted by Crippen LogP contribution is 2.15. The number of hydrogen-bond donors (Lipinski definition) is 1. The van der Waals surface area contributed by atoms with Crippen molar-refractivity contribution < 1.29 is 14.3 Å². The van der Waals surface area contributed by atoms with Gasteiger partial charge in [0.25, 0.3) is 0 Å². The van der Waals surface area contributed by atoms with E-state index in [4.69, 9.17) is 9.47 Å². The molecule has 2 atom stereocenters. The minimum absolute atomic E-state index is 0.00514. The molecule has 0 unspecified atom stereocenters. The Balaban J connectivity index is 1.84. The molecule has 0 aliphatic carbocycles. The molecule has 2 aliphatic heterocycles. The molecule has 0 bridgehead atoms. The van der Waals surface area contributed by atoms with Gasteiger partial charge in [0, 0.05) is 19.6 Å². The van der Waals surface area contributed by atoms with E-state index in [1.54, 1.807) is 0 Å². The Hall–Kier alpha value is -0.810. The first-order valence-corrected chi connectivity index (χ1v) is 6.07. The van der Waals surface area contributed by atoms with E-state index in [0.717, 1.165) is 45.7 Å². The minimum Gasteiger partial charge on any atom is -0.443 e. The van der Waals surface area contributed by atoms with E-state index in [9.17, 15) is 4.79 Å². The Morgan fingerprint density at radius 1 is 1.44 bits per heavy atom. The zero-order valence-corrected chi connectivity index (χ0v) is 9.78. The largest absolute Gasteiger partial charge is 0.443 e. The minimum atomic E-state index is -0.267. The second-order valence-corrected chi connectivity index (χ2v) is 4.40. The van der Waals surface area contributed by atoms with Crippen LogP contribution in [0.5, 0.6) is 0 Å². The lowest BCUT2D eigenvalue weighted by molar-refractivity contribution is 0.0143. The third kappa shape index (κ3) is 2.86. The summed E-state index contributed by atoms with van der Waals surface area (Å²) in [5.41, 5.74) is 0. The summed E-state index contributed by atoms with van der Waals surface area (Å²) in [4.78, 5) is 13.5. The number of rotatable bonds is 4. The molecule has 2 saturated heterocycles. The molecule has 0 saturated carbocycles. The van der Waals surface area contributed by atoms with Gasteiger partial charge in [-0.05, 0) is 6.42 Å². The quantitative estimate of drug-likeness (QED) is 0.765. The molecule has 1 amide bonds. The summed E-state index contributed by atoms with van der Waals surface area (Å²) in [6.07, 6.45) is 1.79. The first-order valence-electron chi connectivity index (χ1n) is 6.07. The van der Waals surface area contributed by atoms with Gasteiger partial charge in [0.15, 0.2) is 0 Å². The highest BCUT2D eigenvalue weighted by molar-refractivity contribution is 5.70. The summed E-state index contributed by atoms with van der Waals surface area (Å²) in [5, 5.41) is 2.88. The van der Waals surface area contributed by atoms with Crippen LogP contribution in [0, 0.1) is 0 Å².